The van der Waals surface area contributed by atoms with E-state index in [-0.39, 0.29) is 0 Å². The van der Waals surface area contributed by atoms with E-state index < -0.39 is 0 Å². The van der Waals surface area contributed by atoms with Crippen molar-refractivity contribution >= 4 is 11.5 Å². The molecular formula is C19H24N6. The highest BCUT2D eigenvalue weighted by atomic mass is 15.3. The van der Waals surface area contributed by atoms with E-state index in [9.17, 15) is 0 Å². The van der Waals surface area contributed by atoms with Gasteiger partial charge in [-0.25, -0.2) is 9.50 Å². The van der Waals surface area contributed by atoms with Crippen LogP contribution in [0, 0.1) is 5.92 Å². The summed E-state index contributed by atoms with van der Waals surface area (Å²) in [5, 5.41) is 8.32. The molecule has 0 spiro atoms. The monoisotopic (exact) mass is 336 g/mol. The number of nitrogens with zero attached hydrogens (tertiary/aromatic N) is 5. The fourth-order valence-corrected chi connectivity index (χ4v) is 3.36. The second kappa shape index (κ2) is 6.80. The highest BCUT2D eigenvalue weighted by Gasteiger charge is 2.18. The van der Waals surface area contributed by atoms with Gasteiger partial charge in [-0.05, 0) is 36.6 Å². The lowest BCUT2D eigenvalue weighted by molar-refractivity contribution is 0.581. The van der Waals surface area contributed by atoms with Gasteiger partial charge in [0.2, 0.25) is 0 Å². The first-order valence-electron chi connectivity index (χ1n) is 8.97. The zero-order chi connectivity index (χ0) is 17.2. The molecule has 0 aromatic carbocycles. The summed E-state index contributed by atoms with van der Waals surface area (Å²) in [6.45, 7) is 8.41. The fourth-order valence-electron chi connectivity index (χ4n) is 3.36. The van der Waals surface area contributed by atoms with Crippen LogP contribution in [0.4, 0.5) is 5.82 Å². The van der Waals surface area contributed by atoms with Gasteiger partial charge in [0.1, 0.15) is 5.82 Å². The number of pyridine rings is 1. The van der Waals surface area contributed by atoms with Crippen LogP contribution in [-0.4, -0.2) is 45.8 Å². The first-order chi connectivity index (χ1) is 12.2. The molecule has 6 heteroatoms. The Hall–Kier alpha value is -2.47. The van der Waals surface area contributed by atoms with Crippen LogP contribution in [0.3, 0.4) is 0 Å². The summed E-state index contributed by atoms with van der Waals surface area (Å²) >= 11 is 0. The van der Waals surface area contributed by atoms with E-state index in [0.29, 0.717) is 5.92 Å². The molecule has 0 atom stereocenters. The molecule has 3 aromatic heterocycles. The van der Waals surface area contributed by atoms with Crippen LogP contribution in [0.25, 0.3) is 16.9 Å². The Labute approximate surface area is 147 Å². The van der Waals surface area contributed by atoms with Crippen molar-refractivity contribution in [1.82, 2.24) is 24.9 Å². The molecule has 0 radical (unpaired) electrons. The van der Waals surface area contributed by atoms with Crippen molar-refractivity contribution in [3.63, 3.8) is 0 Å². The minimum absolute atomic E-state index is 0.540. The summed E-state index contributed by atoms with van der Waals surface area (Å²) in [6, 6.07) is 8.24. The largest absolute Gasteiger partial charge is 0.353 e. The maximum absolute atomic E-state index is 4.94. The molecule has 25 heavy (non-hydrogen) atoms. The zero-order valence-corrected chi connectivity index (χ0v) is 14.8. The normalized spacial score (nSPS) is 15.2. The quantitative estimate of drug-likeness (QED) is 0.793. The van der Waals surface area contributed by atoms with Crippen LogP contribution in [0.1, 0.15) is 19.5 Å². The molecule has 0 saturated carbocycles. The molecule has 0 aliphatic carbocycles. The minimum atomic E-state index is 0.540. The maximum Gasteiger partial charge on any atom is 0.154 e. The molecule has 4 heterocycles. The summed E-state index contributed by atoms with van der Waals surface area (Å²) in [7, 11) is 0. The molecule has 0 amide bonds. The molecule has 1 saturated heterocycles. The molecule has 6 nitrogen and oxygen atoms in total. The van der Waals surface area contributed by atoms with Gasteiger partial charge < -0.3 is 10.2 Å². The average Bonchev–Trinajstić information content (AvgIpc) is 2.99. The maximum atomic E-state index is 4.94. The number of aromatic nitrogens is 4. The number of anilines is 1. The summed E-state index contributed by atoms with van der Waals surface area (Å²) in [5.41, 5.74) is 4.21. The van der Waals surface area contributed by atoms with Crippen molar-refractivity contribution in [3.8, 4) is 11.3 Å². The molecule has 130 valence electrons. The highest BCUT2D eigenvalue weighted by molar-refractivity contribution is 5.67. The van der Waals surface area contributed by atoms with E-state index in [1.807, 2.05) is 29.0 Å². The van der Waals surface area contributed by atoms with Gasteiger partial charge >= 0.3 is 0 Å². The molecule has 0 bridgehead atoms. The highest BCUT2D eigenvalue weighted by Crippen LogP contribution is 2.27. The van der Waals surface area contributed by atoms with Crippen LogP contribution < -0.4 is 10.2 Å². The Morgan fingerprint density at radius 1 is 1.08 bits per heavy atom. The number of piperazine rings is 1. The Morgan fingerprint density at radius 2 is 1.84 bits per heavy atom. The molecule has 1 aliphatic heterocycles. The lowest BCUT2D eigenvalue weighted by Crippen LogP contribution is -2.44. The predicted octanol–water partition coefficient (Wildman–Crippen LogP) is 2.40. The average molecular weight is 336 g/mol. The van der Waals surface area contributed by atoms with Crippen molar-refractivity contribution in [1.29, 1.82) is 0 Å². The van der Waals surface area contributed by atoms with E-state index in [1.165, 1.54) is 0 Å². The molecule has 0 unspecified atom stereocenters. The van der Waals surface area contributed by atoms with Gasteiger partial charge in [-0.15, -0.1) is 5.10 Å². The Kier molecular flexibility index (Phi) is 4.36. The molecular weight excluding hydrogens is 312 g/mol. The van der Waals surface area contributed by atoms with Gasteiger partial charge in [-0.3, -0.25) is 4.98 Å². The summed E-state index contributed by atoms with van der Waals surface area (Å²) in [4.78, 5) is 11.3. The third-order valence-electron chi connectivity index (χ3n) is 4.53. The fraction of sp³-hybridized carbons (Fsp3) is 0.421. The van der Waals surface area contributed by atoms with E-state index in [1.54, 1.807) is 0 Å². The second-order valence-electron chi connectivity index (χ2n) is 6.94. The number of nitrogens with one attached hydrogen (secondary N) is 1. The van der Waals surface area contributed by atoms with Gasteiger partial charge in [-0.2, -0.15) is 0 Å². The standard InChI is InChI=1S/C19H24N6/c1-14(2)13-16-19(15-5-7-20-8-6-15)25-17(22-16)3-4-18(23-25)24-11-9-21-10-12-24/h3-8,14,21H,9-13H2,1-2H3. The molecule has 1 fully saturated rings. The topological polar surface area (TPSA) is 58.4 Å². The van der Waals surface area contributed by atoms with Gasteiger partial charge in [0.15, 0.2) is 5.65 Å². The van der Waals surface area contributed by atoms with Crippen molar-refractivity contribution in [2.24, 2.45) is 5.92 Å². The third-order valence-corrected chi connectivity index (χ3v) is 4.53. The van der Waals surface area contributed by atoms with Gasteiger partial charge in [0.25, 0.3) is 0 Å². The summed E-state index contributed by atoms with van der Waals surface area (Å²) < 4.78 is 2.00. The van der Waals surface area contributed by atoms with E-state index in [4.69, 9.17) is 10.1 Å². The van der Waals surface area contributed by atoms with Crippen LogP contribution in [0.5, 0.6) is 0 Å². The number of fused-ring (bicyclic) bond motifs is 1. The summed E-state index contributed by atoms with van der Waals surface area (Å²) in [6.07, 6.45) is 4.59. The van der Waals surface area contributed by atoms with Crippen molar-refractivity contribution < 1.29 is 0 Å². The smallest absolute Gasteiger partial charge is 0.154 e. The Balaban J connectivity index is 1.85. The second-order valence-corrected chi connectivity index (χ2v) is 6.94. The lowest BCUT2D eigenvalue weighted by atomic mass is 10.0. The molecule has 1 aliphatic rings. The molecule has 1 N–H and O–H groups in total. The van der Waals surface area contributed by atoms with Crippen molar-refractivity contribution in [2.75, 3.05) is 31.1 Å². The Bertz CT molecular complexity index is 849. The van der Waals surface area contributed by atoms with Crippen LogP contribution in [-0.2, 0) is 6.42 Å². The number of hydrogen-bond acceptors (Lipinski definition) is 5. The van der Waals surface area contributed by atoms with E-state index >= 15 is 0 Å². The van der Waals surface area contributed by atoms with Crippen LogP contribution in [0.2, 0.25) is 0 Å². The van der Waals surface area contributed by atoms with Gasteiger partial charge in [0.05, 0.1) is 11.4 Å². The number of hydrogen-bond donors (Lipinski definition) is 1. The minimum Gasteiger partial charge on any atom is -0.353 e. The van der Waals surface area contributed by atoms with Crippen LogP contribution in [0.15, 0.2) is 36.7 Å². The van der Waals surface area contributed by atoms with E-state index in [0.717, 1.165) is 61.0 Å². The van der Waals surface area contributed by atoms with Crippen molar-refractivity contribution in [3.05, 3.63) is 42.4 Å². The third kappa shape index (κ3) is 3.22. The molecule has 3 aromatic rings. The summed E-state index contributed by atoms with van der Waals surface area (Å²) in [5.74, 6) is 1.55. The first kappa shape index (κ1) is 16.0. The Morgan fingerprint density at radius 3 is 2.56 bits per heavy atom. The number of imidazole rings is 1. The van der Waals surface area contributed by atoms with Crippen LogP contribution >= 0.6 is 0 Å². The van der Waals surface area contributed by atoms with E-state index in [2.05, 4.69) is 41.2 Å². The van der Waals surface area contributed by atoms with Crippen molar-refractivity contribution in [2.45, 2.75) is 20.3 Å². The van der Waals surface area contributed by atoms with Gasteiger partial charge in [0, 0.05) is 44.1 Å². The zero-order valence-electron chi connectivity index (χ0n) is 14.8. The first-order valence-corrected chi connectivity index (χ1v) is 8.97. The molecule has 4 rings (SSSR count). The predicted molar refractivity (Wildman–Crippen MR) is 99.8 cm³/mol. The number of rotatable bonds is 4. The SMILES string of the molecule is CC(C)Cc1nc2ccc(N3CCNCC3)nn2c1-c1ccncc1. The van der Waals surface area contributed by atoms with Gasteiger partial charge in [-0.1, -0.05) is 13.8 Å². The lowest BCUT2D eigenvalue weighted by Gasteiger charge is -2.28.